The van der Waals surface area contributed by atoms with Gasteiger partial charge in [0.05, 0.1) is 16.7 Å². The highest BCUT2D eigenvalue weighted by Crippen LogP contribution is 2.34. The lowest BCUT2D eigenvalue weighted by atomic mass is 10.1. The molecule has 4 heteroatoms. The quantitative estimate of drug-likeness (QED) is 0.715. The fraction of sp³-hybridized carbons (Fsp3) is 0.455. The molecule has 1 aromatic rings. The first-order chi connectivity index (χ1) is 7.19. The van der Waals surface area contributed by atoms with E-state index in [9.17, 15) is 0 Å². The molecule has 15 heavy (non-hydrogen) atoms. The third kappa shape index (κ3) is 3.86. The Morgan fingerprint density at radius 2 is 1.87 bits per heavy atom. The predicted molar refractivity (Wildman–Crippen MR) is 69.7 cm³/mol. The van der Waals surface area contributed by atoms with Crippen LogP contribution >= 0.6 is 39.1 Å². The fourth-order valence-corrected chi connectivity index (χ4v) is 2.13. The molecule has 1 rings (SSSR count). The normalized spacial score (nSPS) is 10.4. The SMILES string of the molecule is CCCc1cc(Cl)c(OCCBr)c(Cl)c1. The van der Waals surface area contributed by atoms with E-state index in [2.05, 4.69) is 22.9 Å². The van der Waals surface area contributed by atoms with Crippen LogP contribution in [0, 0.1) is 0 Å². The van der Waals surface area contributed by atoms with Crippen LogP contribution < -0.4 is 4.74 Å². The Labute approximate surface area is 109 Å². The van der Waals surface area contributed by atoms with Gasteiger partial charge in [-0.3, -0.25) is 0 Å². The predicted octanol–water partition coefficient (Wildman–Crippen LogP) is 4.72. The molecule has 0 saturated carbocycles. The van der Waals surface area contributed by atoms with Gasteiger partial charge < -0.3 is 4.74 Å². The number of aryl methyl sites for hydroxylation is 1. The van der Waals surface area contributed by atoms with Crippen LogP contribution in [0.2, 0.25) is 10.0 Å². The van der Waals surface area contributed by atoms with Crippen LogP contribution in [0.25, 0.3) is 0 Å². The molecule has 1 nitrogen and oxygen atoms in total. The van der Waals surface area contributed by atoms with Crippen molar-refractivity contribution in [3.8, 4) is 5.75 Å². The van der Waals surface area contributed by atoms with Gasteiger partial charge in [0, 0.05) is 5.33 Å². The van der Waals surface area contributed by atoms with Crippen LogP contribution in [0.3, 0.4) is 0 Å². The molecule has 0 heterocycles. The zero-order chi connectivity index (χ0) is 11.3. The molecule has 0 amide bonds. The Morgan fingerprint density at radius 3 is 2.33 bits per heavy atom. The number of hydrogen-bond acceptors (Lipinski definition) is 1. The number of benzene rings is 1. The lowest BCUT2D eigenvalue weighted by Crippen LogP contribution is -1.99. The van der Waals surface area contributed by atoms with Gasteiger partial charge in [0.2, 0.25) is 0 Å². The van der Waals surface area contributed by atoms with E-state index in [1.165, 1.54) is 0 Å². The van der Waals surface area contributed by atoms with Crippen molar-refractivity contribution in [2.45, 2.75) is 19.8 Å². The monoisotopic (exact) mass is 310 g/mol. The lowest BCUT2D eigenvalue weighted by molar-refractivity contribution is 0.345. The van der Waals surface area contributed by atoms with Crippen LogP contribution in [0.5, 0.6) is 5.75 Å². The van der Waals surface area contributed by atoms with Crippen molar-refractivity contribution in [2.75, 3.05) is 11.9 Å². The minimum absolute atomic E-state index is 0.562. The van der Waals surface area contributed by atoms with Gasteiger partial charge in [-0.15, -0.1) is 0 Å². The number of ether oxygens (including phenoxy) is 1. The standard InChI is InChI=1S/C11H13BrCl2O/c1-2-3-8-6-9(13)11(10(14)7-8)15-5-4-12/h6-7H,2-5H2,1H3. The second kappa shape index (κ2) is 6.62. The molecule has 0 N–H and O–H groups in total. The molecule has 1 aromatic carbocycles. The van der Waals surface area contributed by atoms with Gasteiger partial charge >= 0.3 is 0 Å². The molecule has 0 saturated heterocycles. The van der Waals surface area contributed by atoms with E-state index < -0.39 is 0 Å². The average Bonchev–Trinajstić information content (AvgIpc) is 2.17. The lowest BCUT2D eigenvalue weighted by Gasteiger charge is -2.10. The van der Waals surface area contributed by atoms with Gasteiger partial charge in [0.25, 0.3) is 0 Å². The van der Waals surface area contributed by atoms with Gasteiger partial charge in [-0.2, -0.15) is 0 Å². The third-order valence-corrected chi connectivity index (χ3v) is 2.81. The van der Waals surface area contributed by atoms with E-state index in [0.717, 1.165) is 23.7 Å². The summed E-state index contributed by atoms with van der Waals surface area (Å²) < 4.78 is 5.44. The van der Waals surface area contributed by atoms with Crippen molar-refractivity contribution in [1.29, 1.82) is 0 Å². The van der Waals surface area contributed by atoms with E-state index in [1.54, 1.807) is 0 Å². The number of halogens is 3. The smallest absolute Gasteiger partial charge is 0.156 e. The first kappa shape index (κ1) is 13.1. The van der Waals surface area contributed by atoms with Crippen LogP contribution in [0.15, 0.2) is 12.1 Å². The van der Waals surface area contributed by atoms with Gasteiger partial charge in [-0.05, 0) is 24.1 Å². The van der Waals surface area contributed by atoms with Crippen molar-refractivity contribution < 1.29 is 4.74 Å². The van der Waals surface area contributed by atoms with Crippen molar-refractivity contribution in [2.24, 2.45) is 0 Å². The Kier molecular flexibility index (Phi) is 5.80. The van der Waals surface area contributed by atoms with Crippen LogP contribution in [0.1, 0.15) is 18.9 Å². The number of rotatable bonds is 5. The second-order valence-electron chi connectivity index (χ2n) is 3.18. The molecule has 0 aliphatic heterocycles. The Morgan fingerprint density at radius 1 is 1.27 bits per heavy atom. The van der Waals surface area contributed by atoms with Crippen molar-refractivity contribution in [3.63, 3.8) is 0 Å². The molecular weight excluding hydrogens is 299 g/mol. The van der Waals surface area contributed by atoms with Crippen molar-refractivity contribution in [3.05, 3.63) is 27.7 Å². The first-order valence-electron chi connectivity index (χ1n) is 4.85. The maximum absolute atomic E-state index is 6.08. The first-order valence-corrected chi connectivity index (χ1v) is 6.73. The van der Waals surface area contributed by atoms with Gasteiger partial charge in [-0.25, -0.2) is 0 Å². The molecule has 0 aromatic heterocycles. The summed E-state index contributed by atoms with van der Waals surface area (Å²) in [4.78, 5) is 0. The minimum Gasteiger partial charge on any atom is -0.490 e. The summed E-state index contributed by atoms with van der Waals surface area (Å²) in [6, 6.07) is 3.83. The molecule has 0 aliphatic carbocycles. The molecule has 84 valence electrons. The highest BCUT2D eigenvalue weighted by Gasteiger charge is 2.09. The average molecular weight is 312 g/mol. The molecule has 0 fully saturated rings. The molecule has 0 unspecified atom stereocenters. The van der Waals surface area contributed by atoms with E-state index in [-0.39, 0.29) is 0 Å². The number of hydrogen-bond donors (Lipinski definition) is 0. The minimum atomic E-state index is 0.562. The highest BCUT2D eigenvalue weighted by atomic mass is 79.9. The topological polar surface area (TPSA) is 9.23 Å². The Hall–Kier alpha value is 0.0800. The van der Waals surface area contributed by atoms with Gasteiger partial charge in [-0.1, -0.05) is 52.5 Å². The molecule has 0 aliphatic rings. The molecule has 0 spiro atoms. The largest absolute Gasteiger partial charge is 0.490 e. The molecular formula is C11H13BrCl2O. The van der Waals surface area contributed by atoms with E-state index >= 15 is 0 Å². The summed E-state index contributed by atoms with van der Waals surface area (Å²) in [5, 5.41) is 1.94. The van der Waals surface area contributed by atoms with Crippen LogP contribution in [-0.2, 0) is 6.42 Å². The van der Waals surface area contributed by atoms with Gasteiger partial charge in [0.1, 0.15) is 0 Å². The zero-order valence-corrected chi connectivity index (χ0v) is 11.6. The fourth-order valence-electron chi connectivity index (χ4n) is 1.32. The van der Waals surface area contributed by atoms with Gasteiger partial charge in [0.15, 0.2) is 5.75 Å². The summed E-state index contributed by atoms with van der Waals surface area (Å²) in [5.41, 5.74) is 1.15. The Balaban J connectivity index is 2.88. The van der Waals surface area contributed by atoms with Crippen LogP contribution in [-0.4, -0.2) is 11.9 Å². The van der Waals surface area contributed by atoms with E-state index in [1.807, 2.05) is 12.1 Å². The summed E-state index contributed by atoms with van der Waals surface area (Å²) in [6.45, 7) is 2.68. The summed E-state index contributed by atoms with van der Waals surface area (Å²) in [6.07, 6.45) is 2.06. The molecule has 0 bridgehead atoms. The van der Waals surface area contributed by atoms with E-state index in [4.69, 9.17) is 27.9 Å². The summed E-state index contributed by atoms with van der Waals surface area (Å²) in [7, 11) is 0. The maximum Gasteiger partial charge on any atom is 0.156 e. The maximum atomic E-state index is 6.08. The third-order valence-electron chi connectivity index (χ3n) is 1.92. The van der Waals surface area contributed by atoms with Crippen LogP contribution in [0.4, 0.5) is 0 Å². The summed E-state index contributed by atoms with van der Waals surface area (Å²) in [5.74, 6) is 0.581. The molecule has 0 atom stereocenters. The number of alkyl halides is 1. The highest BCUT2D eigenvalue weighted by molar-refractivity contribution is 9.09. The van der Waals surface area contributed by atoms with E-state index in [0.29, 0.717) is 22.4 Å². The van der Waals surface area contributed by atoms with Crippen molar-refractivity contribution >= 4 is 39.1 Å². The second-order valence-corrected chi connectivity index (χ2v) is 4.78. The zero-order valence-electron chi connectivity index (χ0n) is 8.53. The summed E-state index contributed by atoms with van der Waals surface area (Å²) >= 11 is 15.4. The molecule has 0 radical (unpaired) electrons. The Bertz CT molecular complexity index is 305. The van der Waals surface area contributed by atoms with Crippen molar-refractivity contribution in [1.82, 2.24) is 0 Å².